The minimum Gasteiger partial charge on any atom is -0.355 e. The van der Waals surface area contributed by atoms with Crippen molar-refractivity contribution >= 4 is 17.1 Å². The molecule has 0 aliphatic heterocycles. The first kappa shape index (κ1) is 13.9. The van der Waals surface area contributed by atoms with Crippen LogP contribution in [0.4, 0.5) is 5.95 Å². The quantitative estimate of drug-likeness (QED) is 0.859. The van der Waals surface area contributed by atoms with Crippen LogP contribution in [0.15, 0.2) is 9.59 Å². The van der Waals surface area contributed by atoms with Crippen molar-refractivity contribution in [1.29, 1.82) is 0 Å². The largest absolute Gasteiger partial charge is 0.355 e. The van der Waals surface area contributed by atoms with Gasteiger partial charge in [0.15, 0.2) is 11.2 Å². The van der Waals surface area contributed by atoms with E-state index in [9.17, 15) is 9.59 Å². The Kier molecular flexibility index (Phi) is 3.15. The van der Waals surface area contributed by atoms with Gasteiger partial charge >= 0.3 is 5.69 Å². The first-order valence-corrected chi connectivity index (χ1v) is 7.37. The molecule has 114 valence electrons. The molecule has 0 spiro atoms. The third kappa shape index (κ3) is 2.26. The van der Waals surface area contributed by atoms with E-state index in [2.05, 4.69) is 22.2 Å². The van der Waals surface area contributed by atoms with Crippen LogP contribution in [0.5, 0.6) is 0 Å². The van der Waals surface area contributed by atoms with Crippen LogP contribution in [0.25, 0.3) is 11.2 Å². The van der Waals surface area contributed by atoms with E-state index < -0.39 is 0 Å². The molecule has 0 saturated heterocycles. The molecule has 1 fully saturated rings. The maximum atomic E-state index is 12.1. The summed E-state index contributed by atoms with van der Waals surface area (Å²) in [5, 5.41) is 3.28. The van der Waals surface area contributed by atoms with Gasteiger partial charge in [0.25, 0.3) is 5.56 Å². The van der Waals surface area contributed by atoms with Crippen LogP contribution < -0.4 is 16.6 Å². The van der Waals surface area contributed by atoms with Crippen LogP contribution in [0, 0.1) is 5.41 Å². The number of fused-ring (bicyclic) bond motifs is 1. The van der Waals surface area contributed by atoms with E-state index in [0.717, 1.165) is 11.1 Å². The summed E-state index contributed by atoms with van der Waals surface area (Å²) in [5.74, 6) is 0.561. The topological polar surface area (TPSA) is 84.7 Å². The molecule has 7 heteroatoms. The molecule has 0 aromatic carbocycles. The Morgan fingerprint density at radius 1 is 1.29 bits per heavy atom. The molecule has 2 aromatic heterocycles. The van der Waals surface area contributed by atoms with Crippen LogP contribution >= 0.6 is 0 Å². The van der Waals surface area contributed by atoms with E-state index >= 15 is 0 Å². The summed E-state index contributed by atoms with van der Waals surface area (Å²) < 4.78 is 2.47. The number of aryl methyl sites for hydroxylation is 1. The van der Waals surface area contributed by atoms with Gasteiger partial charge in [-0.05, 0) is 24.7 Å². The molecule has 3 rings (SSSR count). The van der Waals surface area contributed by atoms with Crippen LogP contribution in [0.1, 0.15) is 32.6 Å². The standard InChI is InChI=1S/C14H21N5O2/c1-4-5-14(6-7-14)8-15-12-16-9-10(17-12)18(2)13(21)19(3)11(9)20/h4-8H2,1-3H3,(H2,15,16,17). The van der Waals surface area contributed by atoms with Gasteiger partial charge in [0.2, 0.25) is 5.95 Å². The van der Waals surface area contributed by atoms with Gasteiger partial charge in [-0.1, -0.05) is 13.3 Å². The molecule has 1 saturated carbocycles. The normalized spacial score (nSPS) is 16.3. The molecule has 1 aliphatic carbocycles. The Hall–Kier alpha value is -2.05. The number of imidazole rings is 1. The van der Waals surface area contributed by atoms with Gasteiger partial charge in [-0.25, -0.2) is 4.79 Å². The number of H-pyrrole nitrogens is 1. The molecule has 2 N–H and O–H groups in total. The van der Waals surface area contributed by atoms with Crippen molar-refractivity contribution in [2.24, 2.45) is 19.5 Å². The van der Waals surface area contributed by atoms with Crippen LogP contribution in [-0.2, 0) is 14.1 Å². The summed E-state index contributed by atoms with van der Waals surface area (Å²) >= 11 is 0. The average molecular weight is 291 g/mol. The zero-order valence-corrected chi connectivity index (χ0v) is 12.7. The van der Waals surface area contributed by atoms with E-state index in [1.54, 1.807) is 7.05 Å². The minimum atomic E-state index is -0.366. The van der Waals surface area contributed by atoms with E-state index in [1.165, 1.54) is 37.3 Å². The van der Waals surface area contributed by atoms with E-state index in [0.29, 0.717) is 22.5 Å². The highest BCUT2D eigenvalue weighted by molar-refractivity contribution is 5.72. The first-order chi connectivity index (χ1) is 9.97. The summed E-state index contributed by atoms with van der Waals surface area (Å²) in [6.07, 6.45) is 4.87. The maximum absolute atomic E-state index is 12.1. The van der Waals surface area contributed by atoms with Crippen molar-refractivity contribution in [1.82, 2.24) is 19.1 Å². The second-order valence-corrected chi connectivity index (χ2v) is 6.09. The maximum Gasteiger partial charge on any atom is 0.332 e. The van der Waals surface area contributed by atoms with E-state index in [1.807, 2.05) is 0 Å². The third-order valence-electron chi connectivity index (χ3n) is 4.46. The summed E-state index contributed by atoms with van der Waals surface area (Å²) in [5.41, 5.74) is 0.441. The number of aromatic nitrogens is 4. The van der Waals surface area contributed by atoms with E-state index in [-0.39, 0.29) is 11.2 Å². The SMILES string of the molecule is CCCC1(CNc2nc3c([nH]2)c(=O)n(C)c(=O)n3C)CC1. The average Bonchev–Trinajstić information content (AvgIpc) is 3.10. The van der Waals surface area contributed by atoms with Crippen LogP contribution in [0.3, 0.4) is 0 Å². The lowest BCUT2D eigenvalue weighted by Gasteiger charge is -2.13. The van der Waals surface area contributed by atoms with Crippen molar-refractivity contribution < 1.29 is 0 Å². The molecule has 2 heterocycles. The molecule has 0 radical (unpaired) electrons. The van der Waals surface area contributed by atoms with Crippen LogP contribution in [-0.4, -0.2) is 25.6 Å². The van der Waals surface area contributed by atoms with E-state index in [4.69, 9.17) is 0 Å². The lowest BCUT2D eigenvalue weighted by Crippen LogP contribution is -2.36. The number of anilines is 1. The molecule has 21 heavy (non-hydrogen) atoms. The number of aromatic amines is 1. The lowest BCUT2D eigenvalue weighted by atomic mass is 10.0. The fourth-order valence-corrected chi connectivity index (χ4v) is 2.90. The van der Waals surface area contributed by atoms with Crippen molar-refractivity contribution in [3.63, 3.8) is 0 Å². The van der Waals surface area contributed by atoms with Crippen LogP contribution in [0.2, 0.25) is 0 Å². The Balaban J connectivity index is 1.92. The van der Waals surface area contributed by atoms with Gasteiger partial charge in [-0.2, -0.15) is 4.98 Å². The summed E-state index contributed by atoms with van der Waals surface area (Å²) in [6.45, 7) is 3.05. The van der Waals surface area contributed by atoms with Gasteiger partial charge in [0.1, 0.15) is 0 Å². The molecule has 1 aliphatic rings. The fraction of sp³-hybridized carbons (Fsp3) is 0.643. The monoisotopic (exact) mass is 291 g/mol. The first-order valence-electron chi connectivity index (χ1n) is 7.37. The number of rotatable bonds is 5. The number of hydrogen-bond acceptors (Lipinski definition) is 4. The summed E-state index contributed by atoms with van der Waals surface area (Å²) in [4.78, 5) is 31.3. The summed E-state index contributed by atoms with van der Waals surface area (Å²) in [6, 6.07) is 0. The van der Waals surface area contributed by atoms with Gasteiger partial charge in [0, 0.05) is 20.6 Å². The van der Waals surface area contributed by atoms with Gasteiger partial charge in [-0.15, -0.1) is 0 Å². The fourth-order valence-electron chi connectivity index (χ4n) is 2.90. The van der Waals surface area contributed by atoms with Gasteiger partial charge < -0.3 is 10.3 Å². The Morgan fingerprint density at radius 3 is 2.62 bits per heavy atom. The van der Waals surface area contributed by atoms with Crippen molar-refractivity contribution in [3.05, 3.63) is 20.8 Å². The van der Waals surface area contributed by atoms with Crippen molar-refractivity contribution in [2.45, 2.75) is 32.6 Å². The Morgan fingerprint density at radius 2 is 2.00 bits per heavy atom. The summed E-state index contributed by atoms with van der Waals surface area (Å²) in [7, 11) is 3.09. The zero-order valence-electron chi connectivity index (χ0n) is 12.7. The lowest BCUT2D eigenvalue weighted by molar-refractivity contribution is 0.484. The van der Waals surface area contributed by atoms with Gasteiger partial charge in [-0.3, -0.25) is 13.9 Å². The Bertz CT molecular complexity index is 794. The highest BCUT2D eigenvalue weighted by atomic mass is 16.2. The molecule has 7 nitrogen and oxygen atoms in total. The molecule has 0 amide bonds. The Labute approximate surface area is 122 Å². The smallest absolute Gasteiger partial charge is 0.332 e. The predicted molar refractivity (Wildman–Crippen MR) is 81.6 cm³/mol. The number of nitrogens with zero attached hydrogens (tertiary/aromatic N) is 3. The number of hydrogen-bond donors (Lipinski definition) is 2. The molecule has 0 bridgehead atoms. The second-order valence-electron chi connectivity index (χ2n) is 6.09. The molecular formula is C14H21N5O2. The predicted octanol–water partition coefficient (Wildman–Crippen LogP) is 0.952. The molecule has 2 aromatic rings. The molecule has 0 atom stereocenters. The van der Waals surface area contributed by atoms with Crippen molar-refractivity contribution in [2.75, 3.05) is 11.9 Å². The van der Waals surface area contributed by atoms with Gasteiger partial charge in [0.05, 0.1) is 0 Å². The highest BCUT2D eigenvalue weighted by Gasteiger charge is 2.41. The zero-order chi connectivity index (χ0) is 15.2. The molecular weight excluding hydrogens is 270 g/mol. The molecule has 0 unspecified atom stereocenters. The highest BCUT2D eigenvalue weighted by Crippen LogP contribution is 2.49. The van der Waals surface area contributed by atoms with Crippen molar-refractivity contribution in [3.8, 4) is 0 Å². The second kappa shape index (κ2) is 4.75. The number of nitrogens with one attached hydrogen (secondary N) is 2. The minimum absolute atomic E-state index is 0.344. The third-order valence-corrected chi connectivity index (χ3v) is 4.46.